The third-order valence-electron chi connectivity index (χ3n) is 8.76. The highest BCUT2D eigenvalue weighted by Crippen LogP contribution is 2.39. The number of allylic oxidation sites excluding steroid dienone is 4. The molecule has 0 saturated heterocycles. The summed E-state index contributed by atoms with van der Waals surface area (Å²) in [7, 11) is 0. The molecular formula is C36H38N4. The highest BCUT2D eigenvalue weighted by atomic mass is 14.8. The van der Waals surface area contributed by atoms with Crippen LogP contribution in [-0.4, -0.2) is 19.9 Å². The zero-order chi connectivity index (χ0) is 28.9. The molecule has 0 unspecified atom stereocenters. The summed E-state index contributed by atoms with van der Waals surface area (Å²) in [5.74, 6) is 6.01. The van der Waals surface area contributed by atoms with Crippen molar-refractivity contribution in [3.8, 4) is 24.7 Å². The second-order valence-electron chi connectivity index (χ2n) is 10.7. The summed E-state index contributed by atoms with van der Waals surface area (Å²) in [6, 6.07) is 4.34. The number of H-pyrrole nitrogens is 2. The van der Waals surface area contributed by atoms with Gasteiger partial charge in [-0.25, -0.2) is 9.97 Å². The van der Waals surface area contributed by atoms with Gasteiger partial charge in [-0.1, -0.05) is 39.5 Å². The number of nitrogens with zero attached hydrogens (tertiary/aromatic N) is 2. The third-order valence-corrected chi connectivity index (χ3v) is 8.76. The number of hydrogen-bond acceptors (Lipinski definition) is 2. The minimum absolute atomic E-state index is 0.802. The molecule has 5 heterocycles. The van der Waals surface area contributed by atoms with Gasteiger partial charge in [0.15, 0.2) is 0 Å². The predicted octanol–water partition coefficient (Wildman–Crippen LogP) is 8.70. The highest BCUT2D eigenvalue weighted by Gasteiger charge is 2.24. The highest BCUT2D eigenvalue weighted by molar-refractivity contribution is 5.98. The first-order chi connectivity index (χ1) is 19.2. The molecule has 0 fully saturated rings. The molecule has 0 spiro atoms. The SMILES string of the molecule is C#Cc1c2nc(cc3nc(c(C#C)c4[nH]c(cc5[nH]c1c(C)c5CC)c(CC)c4C)C(C)=C3CC)C(CC)=C2C. The van der Waals surface area contributed by atoms with Gasteiger partial charge in [0.2, 0.25) is 0 Å². The van der Waals surface area contributed by atoms with Crippen molar-refractivity contribution in [1.82, 2.24) is 19.9 Å². The molecule has 0 radical (unpaired) electrons. The maximum Gasteiger partial charge on any atom is 0.0847 e. The fourth-order valence-electron chi connectivity index (χ4n) is 6.59. The smallest absolute Gasteiger partial charge is 0.0847 e. The lowest BCUT2D eigenvalue weighted by atomic mass is 9.98. The van der Waals surface area contributed by atoms with E-state index in [2.05, 4.69) is 89.3 Å². The van der Waals surface area contributed by atoms with E-state index in [9.17, 15) is 0 Å². The van der Waals surface area contributed by atoms with E-state index in [4.69, 9.17) is 22.8 Å². The number of rotatable bonds is 4. The maximum absolute atomic E-state index is 6.23. The quantitative estimate of drug-likeness (QED) is 0.334. The van der Waals surface area contributed by atoms with E-state index < -0.39 is 0 Å². The Balaban J connectivity index is 2.13. The first-order valence-electron chi connectivity index (χ1n) is 14.4. The summed E-state index contributed by atoms with van der Waals surface area (Å²) in [5.41, 5.74) is 18.7. The van der Waals surface area contributed by atoms with Crippen molar-refractivity contribution in [1.29, 1.82) is 0 Å². The molecule has 2 N–H and O–H groups in total. The number of aromatic nitrogens is 4. The van der Waals surface area contributed by atoms with Crippen LogP contribution >= 0.6 is 0 Å². The van der Waals surface area contributed by atoms with Crippen LogP contribution in [0.15, 0.2) is 12.1 Å². The average molecular weight is 527 g/mol. The second-order valence-corrected chi connectivity index (χ2v) is 10.7. The molecular weight excluding hydrogens is 488 g/mol. The van der Waals surface area contributed by atoms with Gasteiger partial charge in [-0.3, -0.25) is 0 Å². The molecule has 2 aliphatic rings. The van der Waals surface area contributed by atoms with E-state index in [0.717, 1.165) is 92.8 Å². The lowest BCUT2D eigenvalue weighted by molar-refractivity contribution is 1.14. The summed E-state index contributed by atoms with van der Waals surface area (Å²) in [6.07, 6.45) is 15.9. The van der Waals surface area contributed by atoms with Gasteiger partial charge in [0.05, 0.1) is 44.9 Å². The average Bonchev–Trinajstić information content (AvgIpc) is 3.62. The number of aryl methyl sites for hydroxylation is 4. The lowest BCUT2D eigenvalue weighted by Gasteiger charge is -2.03. The van der Waals surface area contributed by atoms with Crippen LogP contribution in [-0.2, 0) is 12.8 Å². The van der Waals surface area contributed by atoms with E-state index in [1.807, 2.05) is 0 Å². The van der Waals surface area contributed by atoms with E-state index in [0.29, 0.717) is 0 Å². The standard InChI is InChI=1S/C36H38N4/c1-11-23-19(7)33-27(15-5)34-21(9)25(13-3)31(39-34)18-32-26(14-4)22(10)36(40-32)28(16-6)35-20(8)24(12-2)30(38-35)17-29(23)37-33/h5-6,17-18,37-38H,11-14H2,1-4,7-10H3. The number of fused-ring (bicyclic) bond motifs is 8. The first kappa shape index (κ1) is 27.3. The zero-order valence-corrected chi connectivity index (χ0v) is 25.0. The van der Waals surface area contributed by atoms with Crippen LogP contribution < -0.4 is 0 Å². The number of hydrogen-bond donors (Lipinski definition) is 2. The van der Waals surface area contributed by atoms with Gasteiger partial charge >= 0.3 is 0 Å². The molecule has 3 aromatic rings. The van der Waals surface area contributed by atoms with Crippen molar-refractivity contribution >= 4 is 44.4 Å². The van der Waals surface area contributed by atoms with Crippen molar-refractivity contribution in [3.05, 3.63) is 68.3 Å². The van der Waals surface area contributed by atoms with Crippen LogP contribution in [0.25, 0.3) is 44.4 Å². The van der Waals surface area contributed by atoms with E-state index in [-0.39, 0.29) is 0 Å². The second kappa shape index (κ2) is 10.4. The number of terminal acetylenes is 2. The Kier molecular flexibility index (Phi) is 7.07. The topological polar surface area (TPSA) is 57.4 Å². The summed E-state index contributed by atoms with van der Waals surface area (Å²) in [5, 5.41) is 0. The fourth-order valence-corrected chi connectivity index (χ4v) is 6.59. The Morgan fingerprint density at radius 2 is 1.02 bits per heavy atom. The Hall–Kier alpha value is -4.28. The number of nitrogens with one attached hydrogen (secondary N) is 2. The molecule has 202 valence electrons. The summed E-state index contributed by atoms with van der Waals surface area (Å²) in [6.45, 7) is 17.3. The van der Waals surface area contributed by atoms with E-state index in [1.165, 1.54) is 33.4 Å². The largest absolute Gasteiger partial charge is 0.354 e. The predicted molar refractivity (Wildman–Crippen MR) is 171 cm³/mol. The van der Waals surface area contributed by atoms with Gasteiger partial charge in [-0.15, -0.1) is 12.8 Å². The van der Waals surface area contributed by atoms with E-state index in [1.54, 1.807) is 0 Å². The van der Waals surface area contributed by atoms with Crippen molar-refractivity contribution in [2.24, 2.45) is 0 Å². The molecule has 0 aliphatic carbocycles. The van der Waals surface area contributed by atoms with Gasteiger partial charge in [0.25, 0.3) is 0 Å². The molecule has 0 aromatic carbocycles. The van der Waals surface area contributed by atoms with Crippen molar-refractivity contribution < 1.29 is 0 Å². The molecule has 0 atom stereocenters. The number of aromatic amines is 2. The fraction of sp³-hybridized carbons (Fsp3) is 0.333. The monoisotopic (exact) mass is 526 g/mol. The molecule has 4 nitrogen and oxygen atoms in total. The van der Waals surface area contributed by atoms with Gasteiger partial charge < -0.3 is 9.97 Å². The summed E-state index contributed by atoms with van der Waals surface area (Å²) < 4.78 is 0. The molecule has 2 aliphatic heterocycles. The minimum atomic E-state index is 0.802. The van der Waals surface area contributed by atoms with E-state index >= 15 is 0 Å². The zero-order valence-electron chi connectivity index (χ0n) is 25.0. The van der Waals surface area contributed by atoms with Crippen molar-refractivity contribution in [2.45, 2.75) is 81.1 Å². The van der Waals surface area contributed by atoms with Crippen molar-refractivity contribution in [3.63, 3.8) is 0 Å². The van der Waals surface area contributed by atoms with Crippen LogP contribution in [0.4, 0.5) is 0 Å². The molecule has 40 heavy (non-hydrogen) atoms. The van der Waals surface area contributed by atoms with Crippen LogP contribution in [0.5, 0.6) is 0 Å². The third kappa shape index (κ3) is 3.94. The molecule has 3 aromatic heterocycles. The van der Waals surface area contributed by atoms with Crippen LogP contribution in [0.1, 0.15) is 111 Å². The Morgan fingerprint density at radius 3 is 1.35 bits per heavy atom. The summed E-state index contributed by atoms with van der Waals surface area (Å²) in [4.78, 5) is 17.7. The molecule has 4 heteroatoms. The normalized spacial score (nSPS) is 13.2. The Morgan fingerprint density at radius 1 is 0.625 bits per heavy atom. The molecule has 0 amide bonds. The van der Waals surface area contributed by atoms with Crippen LogP contribution in [0, 0.1) is 38.5 Å². The van der Waals surface area contributed by atoms with Crippen LogP contribution in [0.3, 0.4) is 0 Å². The van der Waals surface area contributed by atoms with Gasteiger partial charge in [-0.2, -0.15) is 0 Å². The maximum atomic E-state index is 6.23. The first-order valence-corrected chi connectivity index (χ1v) is 14.4. The van der Waals surface area contributed by atoms with Gasteiger partial charge in [0, 0.05) is 11.0 Å². The Bertz CT molecular complexity index is 1750. The molecule has 0 saturated carbocycles. The van der Waals surface area contributed by atoms with Gasteiger partial charge in [-0.05, 0) is 110 Å². The molecule has 8 bridgehead atoms. The van der Waals surface area contributed by atoms with Crippen molar-refractivity contribution in [2.75, 3.05) is 0 Å². The van der Waals surface area contributed by atoms with Gasteiger partial charge in [0.1, 0.15) is 0 Å². The lowest BCUT2D eigenvalue weighted by Crippen LogP contribution is -1.89. The molecule has 5 rings (SSSR count). The van der Waals surface area contributed by atoms with Crippen LogP contribution in [0.2, 0.25) is 0 Å². The summed E-state index contributed by atoms with van der Waals surface area (Å²) >= 11 is 0. The Labute approximate surface area is 238 Å². The minimum Gasteiger partial charge on any atom is -0.354 e.